The first-order chi connectivity index (χ1) is 22.9. The Morgan fingerprint density at radius 2 is 1.21 bits per heavy atom. The summed E-state index contributed by atoms with van der Waals surface area (Å²) in [6.07, 6.45) is 6.95. The van der Waals surface area contributed by atoms with E-state index in [1.54, 1.807) is 34.1 Å². The van der Waals surface area contributed by atoms with Gasteiger partial charge in [-0.15, -0.1) is 0 Å². The summed E-state index contributed by atoms with van der Waals surface area (Å²) in [7, 11) is -1.11. The highest BCUT2D eigenvalue weighted by Gasteiger charge is 2.25. The van der Waals surface area contributed by atoms with Gasteiger partial charge in [-0.05, 0) is 75.6 Å². The van der Waals surface area contributed by atoms with Gasteiger partial charge in [0.1, 0.15) is 16.5 Å². The lowest BCUT2D eigenvalue weighted by Gasteiger charge is -2.24. The molecule has 0 spiro atoms. The number of unbranched alkanes of at least 4 members (excludes halogenated alkanes) is 2. The standard InChI is InChI=1S/C25H33NO6S.C13H18O2.4CH4.FH/c1-19(27)21(23(32-2)18-17-20-11-5-3-6-12-20)13-7-4-8-16-25(28)26-22-14-9-10-15-24(22)33(29,30)31;1-11(14)10-13(15-2)9-8-12-6-4-3-5-7-12;;;;;/h3,5-6,9-12,14-15,21,23H,4,7-8,13,16-18H2,1-2H3,(H,26,28)(H,29,30,31);3-7,13H,8-10H2,1-2H3;4*1H4;1H. The Labute approximate surface area is 320 Å². The zero-order chi connectivity index (χ0) is 35.4. The summed E-state index contributed by atoms with van der Waals surface area (Å²) in [4.78, 5) is 35.1. The van der Waals surface area contributed by atoms with Gasteiger partial charge in [-0.3, -0.25) is 23.6 Å². The van der Waals surface area contributed by atoms with Crippen LogP contribution >= 0.6 is 0 Å². The van der Waals surface area contributed by atoms with Crippen LogP contribution in [-0.4, -0.2) is 56.9 Å². The molecule has 0 saturated carbocycles. The second-order valence-electron chi connectivity index (χ2n) is 11.9. The number of methoxy groups -OCH3 is 2. The Morgan fingerprint density at radius 3 is 1.68 bits per heavy atom. The van der Waals surface area contributed by atoms with Crippen LogP contribution in [-0.2, 0) is 46.8 Å². The second kappa shape index (κ2) is 30.7. The minimum atomic E-state index is -4.42. The summed E-state index contributed by atoms with van der Waals surface area (Å²) in [6.45, 7) is 3.20. The number of para-hydroxylation sites is 1. The Hall–Kier alpha value is -3.77. The van der Waals surface area contributed by atoms with E-state index in [0.29, 0.717) is 19.3 Å². The Kier molecular flexibility index (Phi) is 32.4. The summed E-state index contributed by atoms with van der Waals surface area (Å²) in [6, 6.07) is 26.1. The largest absolute Gasteiger partial charge is 0.381 e. The van der Waals surface area contributed by atoms with Crippen LogP contribution in [0.2, 0.25) is 0 Å². The van der Waals surface area contributed by atoms with Crippen LogP contribution in [0.5, 0.6) is 0 Å². The Balaban J connectivity index is -0.000000513. The summed E-state index contributed by atoms with van der Waals surface area (Å²) in [5, 5.41) is 2.54. The van der Waals surface area contributed by atoms with Gasteiger partial charge in [-0.2, -0.15) is 8.42 Å². The minimum absolute atomic E-state index is 0. The zero-order valence-electron chi connectivity index (χ0n) is 29.0. The van der Waals surface area contributed by atoms with Gasteiger partial charge in [0.15, 0.2) is 0 Å². The molecule has 0 aromatic heterocycles. The third kappa shape index (κ3) is 22.8. The number of carbonyl (C=O) groups excluding carboxylic acids is 3. The molecule has 0 saturated heterocycles. The molecular weight excluding hydrogens is 698 g/mol. The fraction of sp³-hybridized carbons (Fsp3) is 0.500. The topological polar surface area (TPSA) is 136 Å². The number of nitrogens with one attached hydrogen (secondary N) is 1. The lowest BCUT2D eigenvalue weighted by atomic mass is 9.88. The van der Waals surface area contributed by atoms with Crippen molar-refractivity contribution in [1.29, 1.82) is 0 Å². The Morgan fingerprint density at radius 1 is 0.698 bits per heavy atom. The van der Waals surface area contributed by atoms with Crippen LogP contribution in [0, 0.1) is 5.92 Å². The van der Waals surface area contributed by atoms with E-state index >= 15 is 0 Å². The number of aryl methyl sites for hydroxylation is 2. The molecule has 3 unspecified atom stereocenters. The van der Waals surface area contributed by atoms with Gasteiger partial charge < -0.3 is 14.8 Å². The molecule has 11 heteroatoms. The SMILES string of the molecule is C.C.C.C.COC(CCc1ccccc1)C(CCCCCC(=O)Nc1ccccc1S(=O)(=O)O)C(C)=O.COC(CCc1ccccc1)CC(C)=O.F. The number of amides is 1. The van der Waals surface area contributed by atoms with E-state index < -0.39 is 10.1 Å². The lowest BCUT2D eigenvalue weighted by molar-refractivity contribution is -0.126. The molecule has 0 aliphatic rings. The van der Waals surface area contributed by atoms with E-state index in [4.69, 9.17) is 9.47 Å². The van der Waals surface area contributed by atoms with Crippen LogP contribution < -0.4 is 5.32 Å². The quantitative estimate of drug-likeness (QED) is 0.0857. The number of hydrogen-bond donors (Lipinski definition) is 2. The molecule has 53 heavy (non-hydrogen) atoms. The van der Waals surface area contributed by atoms with Crippen LogP contribution in [0.1, 0.15) is 106 Å². The molecule has 0 aliphatic heterocycles. The minimum Gasteiger partial charge on any atom is -0.381 e. The number of benzene rings is 3. The van der Waals surface area contributed by atoms with Crippen LogP contribution in [0.25, 0.3) is 0 Å². The number of Topliss-reactive ketones (excluding diaryl/α,β-unsaturated/α-hetero) is 2. The van der Waals surface area contributed by atoms with E-state index in [-0.39, 0.29) is 87.0 Å². The highest BCUT2D eigenvalue weighted by atomic mass is 32.2. The molecule has 2 N–H and O–H groups in total. The molecule has 302 valence electrons. The molecule has 0 bridgehead atoms. The number of ether oxygens (including phenoxy) is 2. The van der Waals surface area contributed by atoms with Crippen molar-refractivity contribution in [3.63, 3.8) is 0 Å². The van der Waals surface area contributed by atoms with Gasteiger partial charge in [0.05, 0.1) is 17.9 Å². The van der Waals surface area contributed by atoms with Crippen molar-refractivity contribution in [3.8, 4) is 0 Å². The highest BCUT2D eigenvalue weighted by Crippen LogP contribution is 2.23. The maximum Gasteiger partial charge on any atom is 0.296 e. The molecule has 0 heterocycles. The van der Waals surface area contributed by atoms with Gasteiger partial charge in [-0.1, -0.05) is 115 Å². The highest BCUT2D eigenvalue weighted by molar-refractivity contribution is 7.86. The molecule has 0 radical (unpaired) electrons. The van der Waals surface area contributed by atoms with Crippen LogP contribution in [0.15, 0.2) is 89.8 Å². The van der Waals surface area contributed by atoms with E-state index in [0.717, 1.165) is 38.5 Å². The molecule has 3 aromatic rings. The first-order valence-electron chi connectivity index (χ1n) is 16.4. The lowest BCUT2D eigenvalue weighted by Crippen LogP contribution is -2.29. The molecule has 0 fully saturated rings. The van der Waals surface area contributed by atoms with Gasteiger partial charge in [0.25, 0.3) is 10.1 Å². The number of ketones is 2. The number of carbonyl (C=O) groups is 3. The molecule has 9 nitrogen and oxygen atoms in total. The van der Waals surface area contributed by atoms with E-state index in [2.05, 4.69) is 29.6 Å². The molecular formula is C42H68FNO8S. The fourth-order valence-corrected chi connectivity index (χ4v) is 6.17. The van der Waals surface area contributed by atoms with Crippen LogP contribution in [0.4, 0.5) is 10.4 Å². The maximum atomic E-state index is 12.2. The Bertz CT molecular complexity index is 1500. The molecule has 3 atom stereocenters. The van der Waals surface area contributed by atoms with Crippen molar-refractivity contribution in [3.05, 3.63) is 96.1 Å². The average Bonchev–Trinajstić information content (AvgIpc) is 3.06. The zero-order valence-corrected chi connectivity index (χ0v) is 29.8. The van der Waals surface area contributed by atoms with Crippen LogP contribution in [0.3, 0.4) is 0 Å². The number of halogens is 1. The van der Waals surface area contributed by atoms with Gasteiger partial charge in [0, 0.05) is 33.0 Å². The van der Waals surface area contributed by atoms with Crippen molar-refractivity contribution in [1.82, 2.24) is 0 Å². The molecule has 3 rings (SSSR count). The van der Waals surface area contributed by atoms with Gasteiger partial charge >= 0.3 is 0 Å². The predicted molar refractivity (Wildman–Crippen MR) is 218 cm³/mol. The van der Waals surface area contributed by atoms with E-state index in [1.165, 1.54) is 29.3 Å². The molecule has 3 aromatic carbocycles. The normalized spacial score (nSPS) is 11.8. The number of rotatable bonds is 20. The maximum absolute atomic E-state index is 12.2. The summed E-state index contributed by atoms with van der Waals surface area (Å²) in [5.74, 6) is -0.217. The van der Waals surface area contributed by atoms with Crippen molar-refractivity contribution >= 4 is 33.3 Å². The summed E-state index contributed by atoms with van der Waals surface area (Å²) >= 11 is 0. The van der Waals surface area contributed by atoms with Crippen molar-refractivity contribution in [2.75, 3.05) is 19.5 Å². The molecule has 1 amide bonds. The summed E-state index contributed by atoms with van der Waals surface area (Å²) in [5.41, 5.74) is 2.56. The van der Waals surface area contributed by atoms with E-state index in [9.17, 15) is 27.4 Å². The van der Waals surface area contributed by atoms with Crippen molar-refractivity contribution in [2.45, 2.75) is 125 Å². The number of hydrogen-bond acceptors (Lipinski definition) is 7. The molecule has 0 aliphatic carbocycles. The third-order valence-corrected chi connectivity index (χ3v) is 9.05. The van der Waals surface area contributed by atoms with Crippen molar-refractivity contribution in [2.24, 2.45) is 5.92 Å². The first kappa shape index (κ1) is 56.0. The van der Waals surface area contributed by atoms with Gasteiger partial charge in [-0.25, -0.2) is 0 Å². The predicted octanol–water partition coefficient (Wildman–Crippen LogP) is 9.99. The van der Waals surface area contributed by atoms with E-state index in [1.807, 2.05) is 36.4 Å². The summed E-state index contributed by atoms with van der Waals surface area (Å²) < 4.78 is 43.0. The fourth-order valence-electron chi connectivity index (χ4n) is 5.52. The first-order valence-corrected chi connectivity index (χ1v) is 17.9. The monoisotopic (exact) mass is 765 g/mol. The van der Waals surface area contributed by atoms with Gasteiger partial charge in [0.2, 0.25) is 5.91 Å². The second-order valence-corrected chi connectivity index (χ2v) is 13.3. The third-order valence-electron chi connectivity index (χ3n) is 8.14. The number of anilines is 1. The smallest absolute Gasteiger partial charge is 0.296 e. The van der Waals surface area contributed by atoms with Crippen molar-refractivity contribution < 1.29 is 41.5 Å². The average molecular weight is 766 g/mol.